The maximum atomic E-state index is 13.1. The number of ether oxygens (including phenoxy) is 3. The maximum Gasteiger partial charge on any atom is 0.269 e. The van der Waals surface area contributed by atoms with E-state index in [1.54, 1.807) is 29.2 Å². The van der Waals surface area contributed by atoms with Crippen molar-refractivity contribution in [1.29, 1.82) is 0 Å². The first-order valence-corrected chi connectivity index (χ1v) is 11.9. The number of anilines is 1. The molecule has 0 unspecified atom stereocenters. The largest absolute Gasteiger partial charge is 0.493 e. The Kier molecular flexibility index (Phi) is 6.62. The zero-order chi connectivity index (χ0) is 26.8. The Morgan fingerprint density at radius 2 is 1.50 bits per heavy atom. The highest BCUT2D eigenvalue weighted by Gasteiger charge is 2.29. The van der Waals surface area contributed by atoms with Gasteiger partial charge in [0.15, 0.2) is 11.5 Å². The summed E-state index contributed by atoms with van der Waals surface area (Å²) in [6.07, 6.45) is 0. The molecule has 4 aromatic rings. The molecule has 0 spiro atoms. The summed E-state index contributed by atoms with van der Waals surface area (Å²) in [5, 5.41) is 2.03. The molecule has 0 fully saturated rings. The molecule has 0 saturated heterocycles. The van der Waals surface area contributed by atoms with Gasteiger partial charge >= 0.3 is 0 Å². The Morgan fingerprint density at radius 3 is 2.13 bits per heavy atom. The number of amides is 2. The van der Waals surface area contributed by atoms with Crippen LogP contribution >= 0.6 is 0 Å². The van der Waals surface area contributed by atoms with Crippen molar-refractivity contribution < 1.29 is 23.8 Å². The minimum atomic E-state index is -0.334. The van der Waals surface area contributed by atoms with Gasteiger partial charge in [0.05, 0.1) is 39.3 Å². The highest BCUT2D eigenvalue weighted by atomic mass is 16.5. The average molecular weight is 510 g/mol. The first-order valence-electron chi connectivity index (χ1n) is 11.9. The van der Waals surface area contributed by atoms with Gasteiger partial charge in [0.25, 0.3) is 11.8 Å². The van der Waals surface area contributed by atoms with Crippen LogP contribution in [0.4, 0.5) is 5.69 Å². The van der Waals surface area contributed by atoms with Crippen LogP contribution in [-0.2, 0) is 6.54 Å². The monoisotopic (exact) mass is 509 g/mol. The minimum absolute atomic E-state index is 0.0203. The number of carbonyl (C=O) groups is 2. The van der Waals surface area contributed by atoms with Crippen LogP contribution < -0.4 is 30.0 Å². The van der Waals surface area contributed by atoms with E-state index in [-0.39, 0.29) is 11.8 Å². The standard InChI is InChI=1S/C30H27N3O5/c1-18(22-15-25(36-2)28(38-4)26(16-22)37-3)31-32-29(34)21-13-11-19(12-14-21)17-33-24-10-6-8-20-7-5-9-23(27(20)24)30(33)35/h5-16,31H,1,17H2,2-4H3,(H,32,34). The molecule has 0 atom stereocenters. The second kappa shape index (κ2) is 10.2. The molecule has 1 aliphatic heterocycles. The highest BCUT2D eigenvalue weighted by Crippen LogP contribution is 2.40. The Bertz CT molecular complexity index is 1530. The molecule has 1 heterocycles. The molecule has 0 radical (unpaired) electrons. The Morgan fingerprint density at radius 1 is 0.842 bits per heavy atom. The lowest BCUT2D eigenvalue weighted by atomic mass is 10.1. The van der Waals surface area contributed by atoms with Crippen molar-refractivity contribution in [2.45, 2.75) is 6.54 Å². The molecular weight excluding hydrogens is 482 g/mol. The normalized spacial score (nSPS) is 11.9. The molecule has 2 N–H and O–H groups in total. The van der Waals surface area contributed by atoms with E-state index >= 15 is 0 Å². The van der Waals surface area contributed by atoms with Gasteiger partial charge in [-0.1, -0.05) is 43.0 Å². The number of hydrogen-bond donors (Lipinski definition) is 2. The second-order valence-corrected chi connectivity index (χ2v) is 8.74. The quantitative estimate of drug-likeness (QED) is 0.311. The fraction of sp³-hybridized carbons (Fsp3) is 0.133. The van der Waals surface area contributed by atoms with E-state index in [1.165, 1.54) is 21.3 Å². The average Bonchev–Trinajstić information content (AvgIpc) is 3.23. The summed E-state index contributed by atoms with van der Waals surface area (Å²) in [7, 11) is 4.59. The van der Waals surface area contributed by atoms with E-state index in [9.17, 15) is 9.59 Å². The summed E-state index contributed by atoms with van der Waals surface area (Å²) in [5.41, 5.74) is 9.58. The summed E-state index contributed by atoms with van der Waals surface area (Å²) >= 11 is 0. The van der Waals surface area contributed by atoms with Crippen molar-refractivity contribution in [2.75, 3.05) is 26.2 Å². The van der Waals surface area contributed by atoms with E-state index in [4.69, 9.17) is 14.2 Å². The molecule has 1 aliphatic rings. The van der Waals surface area contributed by atoms with Gasteiger partial charge in [-0.2, -0.15) is 0 Å². The third kappa shape index (κ3) is 4.37. The van der Waals surface area contributed by atoms with Crippen molar-refractivity contribution >= 4 is 34.0 Å². The van der Waals surface area contributed by atoms with E-state index in [1.807, 2.05) is 48.5 Å². The van der Waals surface area contributed by atoms with Crippen molar-refractivity contribution in [3.63, 3.8) is 0 Å². The lowest BCUT2D eigenvalue weighted by molar-refractivity contribution is 0.0941. The molecule has 192 valence electrons. The summed E-state index contributed by atoms with van der Waals surface area (Å²) in [4.78, 5) is 27.6. The number of nitrogens with zero attached hydrogens (tertiary/aromatic N) is 1. The van der Waals surface area contributed by atoms with E-state index in [2.05, 4.69) is 17.4 Å². The fourth-order valence-electron chi connectivity index (χ4n) is 4.61. The summed E-state index contributed by atoms with van der Waals surface area (Å²) < 4.78 is 16.1. The van der Waals surface area contributed by atoms with Gasteiger partial charge < -0.3 is 19.1 Å². The molecule has 5 rings (SSSR count). The lowest BCUT2D eigenvalue weighted by Crippen LogP contribution is -2.35. The SMILES string of the molecule is C=C(NNC(=O)c1ccc(CN2C(=O)c3cccc4cccc2c34)cc1)c1cc(OC)c(OC)c(OC)c1. The van der Waals surface area contributed by atoms with E-state index in [0.29, 0.717) is 46.2 Å². The lowest BCUT2D eigenvalue weighted by Gasteiger charge is -2.18. The second-order valence-electron chi connectivity index (χ2n) is 8.74. The van der Waals surface area contributed by atoms with Crippen LogP contribution in [0.2, 0.25) is 0 Å². The molecule has 0 aromatic heterocycles. The first-order chi connectivity index (χ1) is 18.4. The Labute approximate surface area is 220 Å². The van der Waals surface area contributed by atoms with Crippen LogP contribution in [-0.4, -0.2) is 33.1 Å². The van der Waals surface area contributed by atoms with E-state index < -0.39 is 0 Å². The van der Waals surface area contributed by atoms with Crippen LogP contribution in [0.15, 0.2) is 79.4 Å². The van der Waals surface area contributed by atoms with Gasteiger partial charge in [-0.15, -0.1) is 0 Å². The van der Waals surface area contributed by atoms with Crippen molar-refractivity contribution in [1.82, 2.24) is 10.9 Å². The predicted octanol–water partition coefficient (Wildman–Crippen LogP) is 4.93. The number of hydrogen-bond acceptors (Lipinski definition) is 6. The zero-order valence-electron chi connectivity index (χ0n) is 21.3. The smallest absolute Gasteiger partial charge is 0.269 e. The zero-order valence-corrected chi connectivity index (χ0v) is 21.3. The van der Waals surface area contributed by atoms with Crippen LogP contribution in [0, 0.1) is 0 Å². The summed E-state index contributed by atoms with van der Waals surface area (Å²) in [5.74, 6) is 1.06. The number of benzene rings is 4. The molecule has 8 nitrogen and oxygen atoms in total. The van der Waals surface area contributed by atoms with Crippen LogP contribution in [0.5, 0.6) is 17.2 Å². The third-order valence-electron chi connectivity index (χ3n) is 6.55. The Hall–Kier alpha value is -4.98. The summed E-state index contributed by atoms with van der Waals surface area (Å²) in [6, 6.07) is 22.3. The van der Waals surface area contributed by atoms with Crippen LogP contribution in [0.1, 0.15) is 31.8 Å². The van der Waals surface area contributed by atoms with Crippen LogP contribution in [0.25, 0.3) is 16.5 Å². The molecule has 2 amide bonds. The minimum Gasteiger partial charge on any atom is -0.493 e. The van der Waals surface area contributed by atoms with E-state index in [0.717, 1.165) is 22.0 Å². The van der Waals surface area contributed by atoms with Crippen molar-refractivity contribution in [2.24, 2.45) is 0 Å². The highest BCUT2D eigenvalue weighted by molar-refractivity contribution is 6.24. The first kappa shape index (κ1) is 24.7. The number of methoxy groups -OCH3 is 3. The summed E-state index contributed by atoms with van der Waals surface area (Å²) in [6.45, 7) is 4.40. The van der Waals surface area contributed by atoms with Crippen molar-refractivity contribution in [3.05, 3.63) is 102 Å². The maximum absolute atomic E-state index is 13.1. The van der Waals surface area contributed by atoms with Gasteiger partial charge in [-0.05, 0) is 47.3 Å². The number of rotatable bonds is 9. The van der Waals surface area contributed by atoms with Crippen LogP contribution in [0.3, 0.4) is 0 Å². The molecule has 8 heteroatoms. The van der Waals surface area contributed by atoms with Gasteiger partial charge in [0, 0.05) is 22.1 Å². The fourth-order valence-corrected chi connectivity index (χ4v) is 4.61. The predicted molar refractivity (Wildman–Crippen MR) is 147 cm³/mol. The van der Waals surface area contributed by atoms with Gasteiger partial charge in [0.1, 0.15) is 0 Å². The molecule has 38 heavy (non-hydrogen) atoms. The number of carbonyl (C=O) groups excluding carboxylic acids is 2. The molecule has 4 aromatic carbocycles. The van der Waals surface area contributed by atoms with Gasteiger partial charge in [-0.25, -0.2) is 0 Å². The molecule has 0 aliphatic carbocycles. The molecule has 0 bridgehead atoms. The third-order valence-corrected chi connectivity index (χ3v) is 6.55. The van der Waals surface area contributed by atoms with Gasteiger partial charge in [0.2, 0.25) is 5.75 Å². The Balaban J connectivity index is 1.25. The molecule has 0 saturated carbocycles. The number of nitrogens with one attached hydrogen (secondary N) is 2. The number of hydrazine groups is 1. The molecular formula is C30H27N3O5. The topological polar surface area (TPSA) is 89.1 Å². The van der Waals surface area contributed by atoms with Crippen molar-refractivity contribution in [3.8, 4) is 17.2 Å². The van der Waals surface area contributed by atoms with Gasteiger partial charge in [-0.3, -0.25) is 20.4 Å².